The third-order valence-electron chi connectivity index (χ3n) is 6.02. The summed E-state index contributed by atoms with van der Waals surface area (Å²) in [4.78, 5) is 23.2. The average Bonchev–Trinajstić information content (AvgIpc) is 3.29. The van der Waals surface area contributed by atoms with Crippen molar-refractivity contribution in [3.63, 3.8) is 0 Å². The van der Waals surface area contributed by atoms with Crippen LogP contribution in [0.3, 0.4) is 0 Å². The molecule has 2 aliphatic rings. The summed E-state index contributed by atoms with van der Waals surface area (Å²) in [6.45, 7) is 0.574. The van der Waals surface area contributed by atoms with E-state index in [4.69, 9.17) is 35.3 Å². The van der Waals surface area contributed by atoms with Gasteiger partial charge in [-0.15, -0.1) is 11.6 Å². The molecule has 1 aliphatic carbocycles. The molecule has 0 aromatic heterocycles. The molecule has 2 aromatic carbocycles. The van der Waals surface area contributed by atoms with Crippen molar-refractivity contribution in [2.24, 2.45) is 5.92 Å². The molecule has 0 radical (unpaired) electrons. The van der Waals surface area contributed by atoms with Crippen LogP contribution in [0.2, 0.25) is 0 Å². The van der Waals surface area contributed by atoms with Gasteiger partial charge in [0, 0.05) is 11.8 Å². The van der Waals surface area contributed by atoms with Crippen molar-refractivity contribution in [3.8, 4) is 28.7 Å². The van der Waals surface area contributed by atoms with Gasteiger partial charge >= 0.3 is 0 Å². The molecule has 33 heavy (non-hydrogen) atoms. The van der Waals surface area contributed by atoms with E-state index >= 15 is 0 Å². The topological polar surface area (TPSA) is 113 Å². The molecule has 2 aromatic rings. The highest BCUT2D eigenvalue weighted by Crippen LogP contribution is 2.51. The van der Waals surface area contributed by atoms with Crippen LogP contribution in [0.25, 0.3) is 0 Å². The predicted molar refractivity (Wildman–Crippen MR) is 117 cm³/mol. The van der Waals surface area contributed by atoms with E-state index in [0.29, 0.717) is 24.4 Å². The molecule has 10 heteroatoms. The number of phenols is 1. The van der Waals surface area contributed by atoms with E-state index in [1.54, 1.807) is 12.1 Å². The second kappa shape index (κ2) is 9.66. The van der Waals surface area contributed by atoms with Crippen molar-refractivity contribution in [1.82, 2.24) is 5.32 Å². The van der Waals surface area contributed by atoms with Crippen LogP contribution in [0.15, 0.2) is 24.3 Å². The summed E-state index contributed by atoms with van der Waals surface area (Å²) in [7, 11) is 2.92. The maximum absolute atomic E-state index is 12.2. The van der Waals surface area contributed by atoms with Gasteiger partial charge in [-0.05, 0) is 47.4 Å². The SMILES string of the molecule is COc1cc([C@H]2CC(COC=O)[C@H](NC(=O)CCl)c3cc4c(cc32)OCO4)cc(OC)c1O. The molecule has 2 N–H and O–H groups in total. The Morgan fingerprint density at radius 1 is 1.15 bits per heavy atom. The minimum atomic E-state index is -0.460. The number of alkyl halides is 1. The van der Waals surface area contributed by atoms with Gasteiger partial charge in [-0.2, -0.15) is 0 Å². The zero-order valence-electron chi connectivity index (χ0n) is 18.1. The molecule has 0 fully saturated rings. The maximum atomic E-state index is 12.2. The van der Waals surface area contributed by atoms with E-state index < -0.39 is 6.04 Å². The number of aromatic hydroxyl groups is 1. The van der Waals surface area contributed by atoms with E-state index in [1.165, 1.54) is 14.2 Å². The van der Waals surface area contributed by atoms with E-state index in [-0.39, 0.29) is 54.3 Å². The predicted octanol–water partition coefficient (Wildman–Crippen LogP) is 2.86. The summed E-state index contributed by atoms with van der Waals surface area (Å²) in [5, 5.41) is 13.3. The van der Waals surface area contributed by atoms with Crippen LogP contribution < -0.4 is 24.3 Å². The fourth-order valence-corrected chi connectivity index (χ4v) is 4.61. The molecule has 1 unspecified atom stereocenters. The standard InChI is InChI=1S/C23H24ClNO8/c1-29-19-4-12(5-20(30-2)23(19)28)14-3-13(9-31-10-26)22(25-21(27)8-24)16-7-18-17(6-15(14)16)32-11-33-18/h4-7,10,13-14,22,28H,3,8-9,11H2,1-2H3,(H,25,27)/t13?,14-,22+/m1/s1. The number of halogens is 1. The summed E-state index contributed by atoms with van der Waals surface area (Å²) in [6.07, 6.45) is 0.519. The molecule has 176 valence electrons. The molecule has 1 heterocycles. The summed E-state index contributed by atoms with van der Waals surface area (Å²) < 4.78 is 27.0. The number of hydrogen-bond donors (Lipinski definition) is 2. The first kappa shape index (κ1) is 22.8. The molecule has 9 nitrogen and oxygen atoms in total. The molecule has 0 spiro atoms. The van der Waals surface area contributed by atoms with Crippen LogP contribution in [0.5, 0.6) is 28.7 Å². The van der Waals surface area contributed by atoms with Crippen molar-refractivity contribution < 1.29 is 38.4 Å². The Morgan fingerprint density at radius 3 is 2.36 bits per heavy atom. The quantitative estimate of drug-likeness (QED) is 0.441. The Kier molecular flexibility index (Phi) is 6.69. The monoisotopic (exact) mass is 477 g/mol. The minimum Gasteiger partial charge on any atom is -0.502 e. The number of carbonyl (C=O) groups excluding carboxylic acids is 2. The lowest BCUT2D eigenvalue weighted by Gasteiger charge is -2.38. The molecule has 1 aliphatic heterocycles. The van der Waals surface area contributed by atoms with Crippen LogP contribution in [0, 0.1) is 5.92 Å². The molecular formula is C23H24ClNO8. The van der Waals surface area contributed by atoms with Gasteiger partial charge in [-0.1, -0.05) is 0 Å². The Bertz CT molecular complexity index is 1030. The highest BCUT2D eigenvalue weighted by molar-refractivity contribution is 6.27. The number of methoxy groups -OCH3 is 2. The number of rotatable bonds is 8. The van der Waals surface area contributed by atoms with E-state index in [1.807, 2.05) is 12.1 Å². The number of phenolic OH excluding ortho intramolecular Hbond substituents is 1. The fourth-order valence-electron chi connectivity index (χ4n) is 4.53. The Morgan fingerprint density at radius 2 is 1.79 bits per heavy atom. The Labute approximate surface area is 195 Å². The van der Waals surface area contributed by atoms with Gasteiger partial charge in [-0.25, -0.2) is 0 Å². The Hall–Kier alpha value is -3.33. The van der Waals surface area contributed by atoms with Gasteiger partial charge in [-0.3, -0.25) is 9.59 Å². The molecule has 0 saturated heterocycles. The van der Waals surface area contributed by atoms with Crippen LogP contribution >= 0.6 is 11.6 Å². The number of fused-ring (bicyclic) bond motifs is 2. The third kappa shape index (κ3) is 4.32. The van der Waals surface area contributed by atoms with Crippen LogP contribution in [-0.2, 0) is 14.3 Å². The van der Waals surface area contributed by atoms with E-state index in [9.17, 15) is 14.7 Å². The highest BCUT2D eigenvalue weighted by atomic mass is 35.5. The first-order chi connectivity index (χ1) is 16.0. The second-order valence-corrected chi connectivity index (χ2v) is 8.03. The van der Waals surface area contributed by atoms with Crippen LogP contribution in [0.4, 0.5) is 0 Å². The number of nitrogens with one attached hydrogen (secondary N) is 1. The smallest absolute Gasteiger partial charge is 0.293 e. The van der Waals surface area contributed by atoms with Crippen molar-refractivity contribution in [3.05, 3.63) is 41.0 Å². The lowest BCUT2D eigenvalue weighted by molar-refractivity contribution is -0.130. The maximum Gasteiger partial charge on any atom is 0.293 e. The summed E-state index contributed by atoms with van der Waals surface area (Å²) in [6, 6.07) is 6.76. The summed E-state index contributed by atoms with van der Waals surface area (Å²) >= 11 is 5.75. The molecule has 0 bridgehead atoms. The van der Waals surface area contributed by atoms with Crippen molar-refractivity contribution in [2.45, 2.75) is 18.4 Å². The third-order valence-corrected chi connectivity index (χ3v) is 6.26. The largest absolute Gasteiger partial charge is 0.502 e. The van der Waals surface area contributed by atoms with Crippen LogP contribution in [0.1, 0.15) is 35.1 Å². The summed E-state index contributed by atoms with van der Waals surface area (Å²) in [5.41, 5.74) is 2.52. The average molecular weight is 478 g/mol. The summed E-state index contributed by atoms with van der Waals surface area (Å²) in [5.74, 6) is 0.597. The first-order valence-corrected chi connectivity index (χ1v) is 10.8. The second-order valence-electron chi connectivity index (χ2n) is 7.77. The first-order valence-electron chi connectivity index (χ1n) is 10.3. The van der Waals surface area contributed by atoms with Crippen molar-refractivity contribution >= 4 is 24.0 Å². The van der Waals surface area contributed by atoms with Gasteiger partial charge in [0.25, 0.3) is 6.47 Å². The normalized spacial score (nSPS) is 20.5. The van der Waals surface area contributed by atoms with Gasteiger partial charge in [0.1, 0.15) is 5.88 Å². The van der Waals surface area contributed by atoms with Crippen molar-refractivity contribution in [1.29, 1.82) is 0 Å². The number of hydrogen-bond acceptors (Lipinski definition) is 8. The fraction of sp³-hybridized carbons (Fsp3) is 0.391. The number of ether oxygens (including phenoxy) is 5. The number of carbonyl (C=O) groups is 2. The van der Waals surface area contributed by atoms with Crippen molar-refractivity contribution in [2.75, 3.05) is 33.5 Å². The number of amides is 1. The van der Waals surface area contributed by atoms with Crippen LogP contribution in [-0.4, -0.2) is 51.0 Å². The molecule has 4 rings (SSSR count). The minimum absolute atomic E-state index is 0.0907. The van der Waals surface area contributed by atoms with E-state index in [0.717, 1.165) is 16.7 Å². The molecule has 3 atom stereocenters. The molecular weight excluding hydrogens is 454 g/mol. The molecule has 0 saturated carbocycles. The van der Waals surface area contributed by atoms with E-state index in [2.05, 4.69) is 5.32 Å². The van der Waals surface area contributed by atoms with Gasteiger partial charge in [0.2, 0.25) is 18.4 Å². The van der Waals surface area contributed by atoms with Gasteiger partial charge < -0.3 is 34.1 Å². The highest BCUT2D eigenvalue weighted by Gasteiger charge is 2.39. The zero-order valence-corrected chi connectivity index (χ0v) is 18.9. The van der Waals surface area contributed by atoms with Gasteiger partial charge in [0.15, 0.2) is 23.0 Å². The lowest BCUT2D eigenvalue weighted by Crippen LogP contribution is -2.40. The van der Waals surface area contributed by atoms with Gasteiger partial charge in [0.05, 0.1) is 26.9 Å². The lowest BCUT2D eigenvalue weighted by atomic mass is 9.71. The molecule has 1 amide bonds. The number of benzene rings is 2. The zero-order chi connectivity index (χ0) is 23.5. The Balaban J connectivity index is 1.87.